The fraction of sp³-hybridized carbons (Fsp3) is 0.333. The summed E-state index contributed by atoms with van der Waals surface area (Å²) in [6.45, 7) is 19.5. The minimum Gasteiger partial charge on any atom is -0.255 e. The van der Waals surface area contributed by atoms with Crippen molar-refractivity contribution >= 4 is 11.4 Å². The summed E-state index contributed by atoms with van der Waals surface area (Å²) in [7, 11) is 0. The molecule has 0 spiro atoms. The lowest BCUT2D eigenvalue weighted by Crippen LogP contribution is -2.20. The second-order valence-corrected chi connectivity index (χ2v) is 3.22. The third-order valence-corrected chi connectivity index (χ3v) is 2.15. The third kappa shape index (κ3) is 6.28. The SMILES string of the molecule is C=CN=C1C(=N/C=C\C)C(=C)C=C/C1=C/C.CC.CC. The largest absolute Gasteiger partial charge is 0.255 e. The molecule has 0 heterocycles. The van der Waals surface area contributed by atoms with Crippen molar-refractivity contribution in [3.63, 3.8) is 0 Å². The van der Waals surface area contributed by atoms with E-state index in [0.717, 1.165) is 22.6 Å². The Kier molecular flexibility index (Phi) is 13.7. The van der Waals surface area contributed by atoms with Crippen LogP contribution in [-0.4, -0.2) is 11.4 Å². The molecule has 2 nitrogen and oxygen atoms in total. The molecule has 1 rings (SSSR count). The Hall–Kier alpha value is -1.96. The molecule has 0 aromatic rings. The van der Waals surface area contributed by atoms with Gasteiger partial charge in [0.2, 0.25) is 0 Å². The molecule has 0 N–H and O–H groups in total. The Balaban J connectivity index is 0. The molecule has 2 heteroatoms. The molecule has 0 radical (unpaired) electrons. The highest BCUT2D eigenvalue weighted by atomic mass is 14.8. The van der Waals surface area contributed by atoms with Gasteiger partial charge in [0.25, 0.3) is 0 Å². The van der Waals surface area contributed by atoms with Crippen LogP contribution in [0, 0.1) is 0 Å². The highest BCUT2D eigenvalue weighted by Gasteiger charge is 2.17. The highest BCUT2D eigenvalue weighted by molar-refractivity contribution is 6.55. The van der Waals surface area contributed by atoms with Gasteiger partial charge in [-0.2, -0.15) is 0 Å². The maximum absolute atomic E-state index is 4.35. The smallest absolute Gasteiger partial charge is 0.0960 e. The van der Waals surface area contributed by atoms with Crippen molar-refractivity contribution in [3.8, 4) is 0 Å². The van der Waals surface area contributed by atoms with Gasteiger partial charge in [-0.05, 0) is 25.0 Å². The summed E-state index contributed by atoms with van der Waals surface area (Å²) in [5.41, 5.74) is 3.52. The summed E-state index contributed by atoms with van der Waals surface area (Å²) in [4.78, 5) is 8.60. The second kappa shape index (κ2) is 13.5. The molecule has 0 fully saturated rings. The molecule has 0 amide bonds. The third-order valence-electron chi connectivity index (χ3n) is 2.15. The number of hydrogen-bond acceptors (Lipinski definition) is 2. The zero-order chi connectivity index (χ0) is 16.0. The minimum absolute atomic E-state index is 0.800. The second-order valence-electron chi connectivity index (χ2n) is 3.22. The zero-order valence-corrected chi connectivity index (χ0v) is 13.8. The summed E-state index contributed by atoms with van der Waals surface area (Å²) in [6.07, 6.45) is 11.1. The van der Waals surface area contributed by atoms with E-state index in [1.807, 2.05) is 65.8 Å². The van der Waals surface area contributed by atoms with Crippen LogP contribution in [0.15, 0.2) is 71.0 Å². The number of nitrogens with zero attached hydrogens (tertiary/aromatic N) is 2. The van der Waals surface area contributed by atoms with Crippen molar-refractivity contribution in [1.82, 2.24) is 0 Å². The predicted molar refractivity (Wildman–Crippen MR) is 94.6 cm³/mol. The molecule has 0 atom stereocenters. The molecule has 1 aliphatic rings. The number of aliphatic imine (C=N–C) groups is 2. The lowest BCUT2D eigenvalue weighted by molar-refractivity contribution is 1.48. The first-order chi connectivity index (χ1) is 9.74. The average Bonchev–Trinajstić information content (AvgIpc) is 2.51. The monoisotopic (exact) mass is 272 g/mol. The summed E-state index contributed by atoms with van der Waals surface area (Å²) in [6, 6.07) is 0. The van der Waals surface area contributed by atoms with Crippen molar-refractivity contribution in [2.75, 3.05) is 0 Å². The first-order valence-electron chi connectivity index (χ1n) is 7.16. The van der Waals surface area contributed by atoms with Crippen LogP contribution >= 0.6 is 0 Å². The van der Waals surface area contributed by atoms with Crippen molar-refractivity contribution in [2.24, 2.45) is 9.98 Å². The van der Waals surface area contributed by atoms with E-state index < -0.39 is 0 Å². The van der Waals surface area contributed by atoms with Crippen molar-refractivity contribution < 1.29 is 0 Å². The van der Waals surface area contributed by atoms with E-state index in [4.69, 9.17) is 0 Å². The van der Waals surface area contributed by atoms with Crippen LogP contribution < -0.4 is 0 Å². The summed E-state index contributed by atoms with van der Waals surface area (Å²) in [5, 5.41) is 0. The van der Waals surface area contributed by atoms with Gasteiger partial charge in [-0.3, -0.25) is 9.98 Å². The van der Waals surface area contributed by atoms with Gasteiger partial charge in [-0.1, -0.05) is 65.2 Å². The van der Waals surface area contributed by atoms with Crippen molar-refractivity contribution in [3.05, 3.63) is 61.0 Å². The van der Waals surface area contributed by atoms with Gasteiger partial charge in [-0.25, -0.2) is 0 Å². The predicted octanol–water partition coefficient (Wildman–Crippen LogP) is 5.67. The van der Waals surface area contributed by atoms with E-state index in [1.165, 1.54) is 6.20 Å². The van der Waals surface area contributed by atoms with Crippen molar-refractivity contribution in [2.45, 2.75) is 41.5 Å². The standard InChI is InChI=1S/C14H16N2.2C2H6/c1-5-10-16-13-11(4)8-9-12(6-2)14(13)15-7-3;2*1-2/h5-10H,3-4H2,1-2H3;2*1-2H3/b10-5-,12-6-,15-14?,16-13?;;. The molecule has 0 unspecified atom stereocenters. The molecular weight excluding hydrogens is 244 g/mol. The number of allylic oxidation sites excluding steroid dienone is 6. The lowest BCUT2D eigenvalue weighted by atomic mass is 9.93. The fourth-order valence-corrected chi connectivity index (χ4v) is 1.39. The van der Waals surface area contributed by atoms with E-state index in [1.54, 1.807) is 6.20 Å². The zero-order valence-electron chi connectivity index (χ0n) is 13.8. The quantitative estimate of drug-likeness (QED) is 0.618. The first kappa shape index (κ1) is 20.4. The van der Waals surface area contributed by atoms with Gasteiger partial charge in [0.1, 0.15) is 0 Å². The number of rotatable bonds is 2. The van der Waals surface area contributed by atoms with Crippen LogP contribution in [0.4, 0.5) is 0 Å². The van der Waals surface area contributed by atoms with Crippen LogP contribution in [0.5, 0.6) is 0 Å². The summed E-state index contributed by atoms with van der Waals surface area (Å²) < 4.78 is 0. The van der Waals surface area contributed by atoms with Gasteiger partial charge in [0, 0.05) is 12.4 Å². The lowest BCUT2D eigenvalue weighted by Gasteiger charge is -2.14. The van der Waals surface area contributed by atoms with Crippen LogP contribution in [0.25, 0.3) is 0 Å². The van der Waals surface area contributed by atoms with Crippen molar-refractivity contribution in [1.29, 1.82) is 0 Å². The Morgan fingerprint density at radius 2 is 1.55 bits per heavy atom. The fourth-order valence-electron chi connectivity index (χ4n) is 1.39. The topological polar surface area (TPSA) is 24.7 Å². The molecule has 0 aromatic carbocycles. The average molecular weight is 272 g/mol. The van der Waals surface area contributed by atoms with E-state index in [2.05, 4.69) is 23.1 Å². The molecule has 0 saturated carbocycles. The van der Waals surface area contributed by atoms with E-state index in [9.17, 15) is 0 Å². The Labute approximate surface area is 124 Å². The molecule has 1 aliphatic carbocycles. The molecule has 0 aliphatic heterocycles. The number of hydrogen-bond donors (Lipinski definition) is 0. The summed E-state index contributed by atoms with van der Waals surface area (Å²) in [5.74, 6) is 0. The van der Waals surface area contributed by atoms with Crippen LogP contribution in [0.1, 0.15) is 41.5 Å². The van der Waals surface area contributed by atoms with Crippen LogP contribution in [-0.2, 0) is 0 Å². The molecule has 0 saturated heterocycles. The Morgan fingerprint density at radius 3 is 2.00 bits per heavy atom. The van der Waals surface area contributed by atoms with Crippen LogP contribution in [0.2, 0.25) is 0 Å². The maximum Gasteiger partial charge on any atom is 0.0960 e. The van der Waals surface area contributed by atoms with Gasteiger partial charge in [0.05, 0.1) is 11.4 Å². The highest BCUT2D eigenvalue weighted by Crippen LogP contribution is 2.16. The molecule has 20 heavy (non-hydrogen) atoms. The van der Waals surface area contributed by atoms with E-state index in [0.29, 0.717) is 0 Å². The minimum atomic E-state index is 0.800. The Morgan fingerprint density at radius 1 is 0.950 bits per heavy atom. The molecule has 110 valence electrons. The Bertz CT molecular complexity index is 444. The normalized spacial score (nSPS) is 19.7. The molecule has 0 aromatic heterocycles. The molecular formula is C18H28N2. The van der Waals surface area contributed by atoms with Gasteiger partial charge in [0.15, 0.2) is 0 Å². The van der Waals surface area contributed by atoms with E-state index in [-0.39, 0.29) is 0 Å². The molecule has 0 bridgehead atoms. The maximum atomic E-state index is 4.35. The van der Waals surface area contributed by atoms with Gasteiger partial charge in [-0.15, -0.1) is 0 Å². The van der Waals surface area contributed by atoms with Gasteiger partial charge < -0.3 is 0 Å². The first-order valence-corrected chi connectivity index (χ1v) is 7.16. The van der Waals surface area contributed by atoms with Crippen LogP contribution in [0.3, 0.4) is 0 Å². The van der Waals surface area contributed by atoms with Gasteiger partial charge >= 0.3 is 0 Å². The summed E-state index contributed by atoms with van der Waals surface area (Å²) >= 11 is 0. The van der Waals surface area contributed by atoms with E-state index >= 15 is 0 Å².